The van der Waals surface area contributed by atoms with E-state index in [4.69, 9.17) is 14.8 Å². The summed E-state index contributed by atoms with van der Waals surface area (Å²) in [4.78, 5) is 18.4. The van der Waals surface area contributed by atoms with Crippen molar-refractivity contribution < 1.29 is 19.6 Å². The first-order valence-corrected chi connectivity index (χ1v) is 7.45. The summed E-state index contributed by atoms with van der Waals surface area (Å²) in [5, 5.41) is 12.3. The van der Waals surface area contributed by atoms with Gasteiger partial charge in [-0.1, -0.05) is 29.4 Å². The fourth-order valence-electron chi connectivity index (χ4n) is 2.05. The first-order valence-electron chi connectivity index (χ1n) is 7.45. The SMILES string of the molecule is O=C(/C=C/c1ccc(C=NOCCN2CCOCC2)cc1)NO. The lowest BCUT2D eigenvalue weighted by Gasteiger charge is -2.25. The highest BCUT2D eigenvalue weighted by Crippen LogP contribution is 2.05. The Morgan fingerprint density at radius 1 is 1.30 bits per heavy atom. The van der Waals surface area contributed by atoms with Crippen molar-refractivity contribution in [2.24, 2.45) is 5.16 Å². The molecule has 0 aromatic heterocycles. The molecule has 1 saturated heterocycles. The molecule has 1 aromatic rings. The van der Waals surface area contributed by atoms with Crippen LogP contribution in [0.2, 0.25) is 0 Å². The molecule has 0 radical (unpaired) electrons. The molecule has 1 amide bonds. The van der Waals surface area contributed by atoms with Crippen LogP contribution in [0.3, 0.4) is 0 Å². The fraction of sp³-hybridized carbons (Fsp3) is 0.375. The van der Waals surface area contributed by atoms with Crippen molar-refractivity contribution in [3.05, 3.63) is 41.5 Å². The molecule has 124 valence electrons. The van der Waals surface area contributed by atoms with Gasteiger partial charge in [-0.05, 0) is 17.2 Å². The summed E-state index contributed by atoms with van der Waals surface area (Å²) in [5.74, 6) is -0.565. The molecule has 1 aromatic carbocycles. The molecule has 1 fully saturated rings. The van der Waals surface area contributed by atoms with Crippen molar-refractivity contribution in [1.82, 2.24) is 10.4 Å². The summed E-state index contributed by atoms with van der Waals surface area (Å²) >= 11 is 0. The monoisotopic (exact) mass is 319 g/mol. The fourth-order valence-corrected chi connectivity index (χ4v) is 2.05. The summed E-state index contributed by atoms with van der Waals surface area (Å²) in [6.45, 7) is 4.84. The van der Waals surface area contributed by atoms with Crippen molar-refractivity contribution in [3.63, 3.8) is 0 Å². The first kappa shape index (κ1) is 17.1. The van der Waals surface area contributed by atoms with E-state index in [0.717, 1.165) is 44.0 Å². The van der Waals surface area contributed by atoms with E-state index < -0.39 is 5.91 Å². The van der Waals surface area contributed by atoms with Gasteiger partial charge in [0.05, 0.1) is 19.4 Å². The number of carbonyl (C=O) groups excluding carboxylic acids is 1. The van der Waals surface area contributed by atoms with Crippen LogP contribution in [-0.2, 0) is 14.4 Å². The molecular weight excluding hydrogens is 298 g/mol. The zero-order valence-corrected chi connectivity index (χ0v) is 12.9. The lowest BCUT2D eigenvalue weighted by atomic mass is 10.1. The Bertz CT molecular complexity index is 537. The summed E-state index contributed by atoms with van der Waals surface area (Å²) in [7, 11) is 0. The van der Waals surface area contributed by atoms with E-state index in [2.05, 4.69) is 10.1 Å². The number of amides is 1. The van der Waals surface area contributed by atoms with Gasteiger partial charge in [-0.2, -0.15) is 0 Å². The van der Waals surface area contributed by atoms with E-state index in [0.29, 0.717) is 6.61 Å². The molecule has 0 aliphatic carbocycles. The highest BCUT2D eigenvalue weighted by atomic mass is 16.6. The van der Waals surface area contributed by atoms with Crippen LogP contribution in [-0.4, -0.2) is 61.7 Å². The third-order valence-electron chi connectivity index (χ3n) is 3.35. The maximum Gasteiger partial charge on any atom is 0.267 e. The number of ether oxygens (including phenoxy) is 1. The second kappa shape index (κ2) is 9.73. The average molecular weight is 319 g/mol. The number of hydrogen-bond acceptors (Lipinski definition) is 6. The zero-order valence-electron chi connectivity index (χ0n) is 12.9. The third-order valence-corrected chi connectivity index (χ3v) is 3.35. The summed E-state index contributed by atoms with van der Waals surface area (Å²) in [6, 6.07) is 7.42. The quantitative estimate of drug-likeness (QED) is 0.256. The molecule has 2 N–H and O–H groups in total. The van der Waals surface area contributed by atoms with Gasteiger partial charge in [0.2, 0.25) is 0 Å². The molecular formula is C16H21N3O4. The molecule has 2 rings (SSSR count). The molecule has 1 heterocycles. The van der Waals surface area contributed by atoms with E-state index in [1.165, 1.54) is 11.6 Å². The molecule has 0 unspecified atom stereocenters. The smallest absolute Gasteiger partial charge is 0.267 e. The van der Waals surface area contributed by atoms with Gasteiger partial charge in [0.15, 0.2) is 0 Å². The van der Waals surface area contributed by atoms with Gasteiger partial charge in [-0.25, -0.2) is 5.48 Å². The molecule has 0 spiro atoms. The minimum absolute atomic E-state index is 0.549. The highest BCUT2D eigenvalue weighted by Gasteiger charge is 2.09. The predicted octanol–water partition coefficient (Wildman–Crippen LogP) is 0.888. The van der Waals surface area contributed by atoms with Gasteiger partial charge >= 0.3 is 0 Å². The number of benzene rings is 1. The number of oxime groups is 1. The third kappa shape index (κ3) is 6.60. The van der Waals surface area contributed by atoms with Crippen LogP contribution in [0.15, 0.2) is 35.5 Å². The Kier molecular flexibility index (Phi) is 7.25. The maximum absolute atomic E-state index is 10.9. The molecule has 0 saturated carbocycles. The van der Waals surface area contributed by atoms with Gasteiger partial charge in [0.25, 0.3) is 5.91 Å². The van der Waals surface area contributed by atoms with Crippen LogP contribution >= 0.6 is 0 Å². The van der Waals surface area contributed by atoms with Crippen LogP contribution in [0.25, 0.3) is 6.08 Å². The average Bonchev–Trinajstić information content (AvgIpc) is 2.61. The van der Waals surface area contributed by atoms with E-state index in [-0.39, 0.29) is 0 Å². The van der Waals surface area contributed by atoms with Crippen LogP contribution in [0.1, 0.15) is 11.1 Å². The Balaban J connectivity index is 1.70. The number of rotatable bonds is 7. The summed E-state index contributed by atoms with van der Waals surface area (Å²) in [5.41, 5.74) is 3.29. The van der Waals surface area contributed by atoms with Crippen LogP contribution in [0.4, 0.5) is 0 Å². The standard InChI is InChI=1S/C16H21N3O4/c20-16(18-21)6-5-14-1-3-15(4-2-14)13-17-23-12-9-19-7-10-22-11-8-19/h1-6,13,21H,7-12H2,(H,18,20)/b6-5+,17-13?. The van der Waals surface area contributed by atoms with E-state index >= 15 is 0 Å². The summed E-state index contributed by atoms with van der Waals surface area (Å²) in [6.07, 6.45) is 4.50. The van der Waals surface area contributed by atoms with Gasteiger partial charge < -0.3 is 9.57 Å². The molecule has 0 atom stereocenters. The second-order valence-electron chi connectivity index (χ2n) is 5.00. The van der Waals surface area contributed by atoms with Crippen LogP contribution in [0, 0.1) is 0 Å². The molecule has 0 bridgehead atoms. The Hall–Kier alpha value is -2.22. The van der Waals surface area contributed by atoms with Crippen LogP contribution < -0.4 is 5.48 Å². The molecule has 7 heteroatoms. The Morgan fingerprint density at radius 2 is 2.00 bits per heavy atom. The maximum atomic E-state index is 10.9. The van der Waals surface area contributed by atoms with Gasteiger partial charge in [0, 0.05) is 25.7 Å². The molecule has 1 aliphatic rings. The lowest BCUT2D eigenvalue weighted by Crippen LogP contribution is -2.38. The van der Waals surface area contributed by atoms with Crippen LogP contribution in [0.5, 0.6) is 0 Å². The Morgan fingerprint density at radius 3 is 2.70 bits per heavy atom. The lowest BCUT2D eigenvalue weighted by molar-refractivity contribution is -0.124. The molecule has 1 aliphatic heterocycles. The van der Waals surface area contributed by atoms with E-state index in [9.17, 15) is 4.79 Å². The topological polar surface area (TPSA) is 83.4 Å². The van der Waals surface area contributed by atoms with E-state index in [1.54, 1.807) is 12.3 Å². The minimum atomic E-state index is -0.565. The number of hydroxylamine groups is 1. The van der Waals surface area contributed by atoms with Crippen molar-refractivity contribution in [2.75, 3.05) is 39.5 Å². The number of carbonyl (C=O) groups is 1. The second-order valence-corrected chi connectivity index (χ2v) is 5.00. The highest BCUT2D eigenvalue weighted by molar-refractivity contribution is 5.91. The molecule has 23 heavy (non-hydrogen) atoms. The minimum Gasteiger partial charge on any atom is -0.394 e. The zero-order chi connectivity index (χ0) is 16.3. The van der Waals surface area contributed by atoms with Crippen molar-refractivity contribution in [3.8, 4) is 0 Å². The van der Waals surface area contributed by atoms with Crippen molar-refractivity contribution in [1.29, 1.82) is 0 Å². The van der Waals surface area contributed by atoms with Crippen molar-refractivity contribution in [2.45, 2.75) is 0 Å². The van der Waals surface area contributed by atoms with Gasteiger partial charge in [-0.3, -0.25) is 14.9 Å². The van der Waals surface area contributed by atoms with Gasteiger partial charge in [0.1, 0.15) is 6.61 Å². The largest absolute Gasteiger partial charge is 0.394 e. The first-order chi connectivity index (χ1) is 11.3. The number of nitrogens with one attached hydrogen (secondary N) is 1. The van der Waals surface area contributed by atoms with E-state index in [1.807, 2.05) is 24.3 Å². The van der Waals surface area contributed by atoms with Gasteiger partial charge in [-0.15, -0.1) is 0 Å². The molecule has 7 nitrogen and oxygen atoms in total. The normalized spacial score (nSPS) is 16.0. The number of nitrogens with zero attached hydrogens (tertiary/aromatic N) is 2. The Labute approximate surface area is 135 Å². The van der Waals surface area contributed by atoms with Crippen molar-refractivity contribution >= 4 is 18.2 Å². The number of morpholine rings is 1. The predicted molar refractivity (Wildman–Crippen MR) is 86.2 cm³/mol. The summed E-state index contributed by atoms with van der Waals surface area (Å²) < 4.78 is 5.28. The number of hydrogen-bond donors (Lipinski definition) is 2.